The normalized spacial score (nSPS) is 12.4. The number of carbonyl (C=O) groups is 1. The first-order valence-electron chi connectivity index (χ1n) is 7.58. The number of hydrogen-bond donors (Lipinski definition) is 1. The molecule has 1 atom stereocenters. The lowest BCUT2D eigenvalue weighted by molar-refractivity contribution is -0.119. The molecule has 1 N–H and O–H groups in total. The molecule has 1 unspecified atom stereocenters. The number of benzene rings is 1. The first-order valence-corrected chi connectivity index (χ1v) is 8.94. The molecule has 0 spiro atoms. The van der Waals surface area contributed by atoms with Gasteiger partial charge in [0, 0.05) is 11.1 Å². The van der Waals surface area contributed by atoms with E-state index in [1.807, 2.05) is 35.8 Å². The molecule has 2 rings (SSSR count). The molecular formula is C16H21ClN4OS. The van der Waals surface area contributed by atoms with Crippen molar-refractivity contribution >= 4 is 29.3 Å². The molecule has 0 saturated heterocycles. The van der Waals surface area contributed by atoms with Crippen LogP contribution in [0.25, 0.3) is 0 Å². The van der Waals surface area contributed by atoms with Crippen molar-refractivity contribution in [1.29, 1.82) is 0 Å². The summed E-state index contributed by atoms with van der Waals surface area (Å²) in [5.74, 6) is 0.280. The highest BCUT2D eigenvalue weighted by molar-refractivity contribution is 7.99. The van der Waals surface area contributed by atoms with E-state index >= 15 is 0 Å². The highest BCUT2D eigenvalue weighted by Gasteiger charge is 2.15. The number of rotatable bonds is 7. The third-order valence-corrected chi connectivity index (χ3v) is 4.62. The first kappa shape index (κ1) is 17.8. The monoisotopic (exact) mass is 352 g/mol. The minimum absolute atomic E-state index is 0.0277. The maximum absolute atomic E-state index is 12.2. The second-order valence-corrected chi connectivity index (χ2v) is 6.87. The highest BCUT2D eigenvalue weighted by Crippen LogP contribution is 2.22. The molecule has 0 aliphatic carbocycles. The van der Waals surface area contributed by atoms with Crippen molar-refractivity contribution in [2.75, 3.05) is 5.75 Å². The van der Waals surface area contributed by atoms with Crippen LogP contribution < -0.4 is 5.32 Å². The van der Waals surface area contributed by atoms with Gasteiger partial charge in [0.25, 0.3) is 0 Å². The molecular weight excluding hydrogens is 332 g/mol. The number of nitrogens with zero attached hydrogens (tertiary/aromatic N) is 3. The van der Waals surface area contributed by atoms with E-state index in [0.29, 0.717) is 10.8 Å². The van der Waals surface area contributed by atoms with Crippen LogP contribution >= 0.6 is 23.4 Å². The van der Waals surface area contributed by atoms with Gasteiger partial charge >= 0.3 is 0 Å². The van der Waals surface area contributed by atoms with Crippen LogP contribution in [0.5, 0.6) is 0 Å². The Morgan fingerprint density at radius 1 is 1.43 bits per heavy atom. The van der Waals surface area contributed by atoms with Crippen LogP contribution in [-0.2, 0) is 4.79 Å². The number of halogens is 1. The summed E-state index contributed by atoms with van der Waals surface area (Å²) in [6, 6.07) is 7.82. The summed E-state index contributed by atoms with van der Waals surface area (Å²) in [5, 5.41) is 12.4. The topological polar surface area (TPSA) is 59.8 Å². The van der Waals surface area contributed by atoms with Crippen LogP contribution in [0.15, 0.2) is 35.7 Å². The molecule has 7 heteroatoms. The quantitative estimate of drug-likeness (QED) is 0.768. The lowest BCUT2D eigenvalue weighted by Crippen LogP contribution is -2.29. The minimum Gasteiger partial charge on any atom is -0.349 e. The van der Waals surface area contributed by atoms with Crippen LogP contribution in [0.1, 0.15) is 44.8 Å². The zero-order chi connectivity index (χ0) is 16.8. The van der Waals surface area contributed by atoms with Crippen LogP contribution in [0.3, 0.4) is 0 Å². The summed E-state index contributed by atoms with van der Waals surface area (Å²) in [4.78, 5) is 12.2. The van der Waals surface area contributed by atoms with Crippen LogP contribution in [0.4, 0.5) is 0 Å². The number of carbonyl (C=O) groups excluding carboxylic acids is 1. The molecule has 0 saturated carbocycles. The second-order valence-electron chi connectivity index (χ2n) is 5.49. The average molecular weight is 353 g/mol. The first-order chi connectivity index (χ1) is 11.0. The van der Waals surface area contributed by atoms with E-state index in [1.165, 1.54) is 11.8 Å². The third-order valence-electron chi connectivity index (χ3n) is 3.42. The van der Waals surface area contributed by atoms with Crippen LogP contribution in [0, 0.1) is 0 Å². The summed E-state index contributed by atoms with van der Waals surface area (Å²) in [6.45, 7) is 6.15. The zero-order valence-corrected chi connectivity index (χ0v) is 15.1. The zero-order valence-electron chi connectivity index (χ0n) is 13.5. The fourth-order valence-electron chi connectivity index (χ4n) is 2.20. The van der Waals surface area contributed by atoms with E-state index in [9.17, 15) is 4.79 Å². The number of thioether (sulfide) groups is 1. The van der Waals surface area contributed by atoms with E-state index in [4.69, 9.17) is 11.6 Å². The van der Waals surface area contributed by atoms with Crippen LogP contribution in [-0.4, -0.2) is 26.4 Å². The minimum atomic E-state index is -0.0373. The molecule has 0 bridgehead atoms. The van der Waals surface area contributed by atoms with E-state index < -0.39 is 0 Å². The Morgan fingerprint density at radius 2 is 2.22 bits per heavy atom. The van der Waals surface area contributed by atoms with Gasteiger partial charge < -0.3 is 9.88 Å². The van der Waals surface area contributed by atoms with Gasteiger partial charge in [-0.3, -0.25) is 4.79 Å². The summed E-state index contributed by atoms with van der Waals surface area (Å²) >= 11 is 7.42. The van der Waals surface area contributed by atoms with Crippen molar-refractivity contribution in [3.05, 3.63) is 41.2 Å². The SMILES string of the molecule is CCC(NC(=O)CSc1nncn1C(C)C)c1cccc(Cl)c1. The molecule has 23 heavy (non-hydrogen) atoms. The summed E-state index contributed by atoms with van der Waals surface area (Å²) < 4.78 is 1.95. The van der Waals surface area contributed by atoms with E-state index in [-0.39, 0.29) is 18.0 Å². The van der Waals surface area contributed by atoms with Gasteiger partial charge in [-0.25, -0.2) is 0 Å². The molecule has 1 aromatic heterocycles. The van der Waals surface area contributed by atoms with Crippen molar-refractivity contribution in [1.82, 2.24) is 20.1 Å². The Hall–Kier alpha value is -1.53. The van der Waals surface area contributed by atoms with Crippen molar-refractivity contribution < 1.29 is 4.79 Å². The Balaban J connectivity index is 1.94. The number of hydrogen-bond acceptors (Lipinski definition) is 4. The van der Waals surface area contributed by atoms with Gasteiger partial charge in [-0.2, -0.15) is 0 Å². The molecule has 5 nitrogen and oxygen atoms in total. The lowest BCUT2D eigenvalue weighted by Gasteiger charge is -2.17. The van der Waals surface area contributed by atoms with E-state index in [0.717, 1.165) is 17.1 Å². The fraction of sp³-hybridized carbons (Fsp3) is 0.438. The average Bonchev–Trinajstić information content (AvgIpc) is 2.99. The summed E-state index contributed by atoms with van der Waals surface area (Å²) in [7, 11) is 0. The molecule has 0 aliphatic rings. The lowest BCUT2D eigenvalue weighted by atomic mass is 10.0. The van der Waals surface area contributed by atoms with E-state index in [2.05, 4.69) is 29.4 Å². The fourth-order valence-corrected chi connectivity index (χ4v) is 3.25. The maximum atomic E-state index is 12.2. The number of amides is 1. The predicted molar refractivity (Wildman–Crippen MR) is 93.8 cm³/mol. The predicted octanol–water partition coefficient (Wildman–Crippen LogP) is 3.87. The van der Waals surface area contributed by atoms with Gasteiger partial charge in [-0.15, -0.1) is 10.2 Å². The maximum Gasteiger partial charge on any atom is 0.230 e. The van der Waals surface area contributed by atoms with Gasteiger partial charge in [-0.05, 0) is 38.0 Å². The van der Waals surface area contributed by atoms with Crippen molar-refractivity contribution in [2.45, 2.75) is 44.4 Å². The van der Waals surface area contributed by atoms with Gasteiger partial charge in [-0.1, -0.05) is 42.4 Å². The molecule has 0 aliphatic heterocycles. The van der Waals surface area contributed by atoms with Gasteiger partial charge in [0.15, 0.2) is 5.16 Å². The van der Waals surface area contributed by atoms with Gasteiger partial charge in [0.1, 0.15) is 6.33 Å². The van der Waals surface area contributed by atoms with Gasteiger partial charge in [0.2, 0.25) is 5.91 Å². The standard InChI is InChI=1S/C16H21ClN4OS/c1-4-14(12-6-5-7-13(17)8-12)19-15(22)9-23-16-20-18-10-21(16)11(2)3/h5-8,10-11,14H,4,9H2,1-3H3,(H,19,22). The highest BCUT2D eigenvalue weighted by atomic mass is 35.5. The molecule has 2 aromatic rings. The Kier molecular flexibility index (Phi) is 6.47. The van der Waals surface area contributed by atoms with Crippen molar-refractivity contribution in [2.24, 2.45) is 0 Å². The molecule has 1 aromatic carbocycles. The van der Waals surface area contributed by atoms with E-state index in [1.54, 1.807) is 6.33 Å². The molecule has 124 valence electrons. The Morgan fingerprint density at radius 3 is 2.87 bits per heavy atom. The molecule has 1 heterocycles. The third kappa shape index (κ3) is 4.97. The van der Waals surface area contributed by atoms with Crippen LogP contribution in [0.2, 0.25) is 5.02 Å². The van der Waals surface area contributed by atoms with Crippen molar-refractivity contribution in [3.8, 4) is 0 Å². The van der Waals surface area contributed by atoms with Crippen molar-refractivity contribution in [3.63, 3.8) is 0 Å². The van der Waals surface area contributed by atoms with Gasteiger partial charge in [0.05, 0.1) is 11.8 Å². The Labute approximate surface area is 145 Å². The summed E-state index contributed by atoms with van der Waals surface area (Å²) in [6.07, 6.45) is 2.49. The second kappa shape index (κ2) is 8.36. The molecule has 0 fully saturated rings. The molecule has 0 radical (unpaired) electrons. The Bertz CT molecular complexity index is 659. The largest absolute Gasteiger partial charge is 0.349 e. The number of aromatic nitrogens is 3. The smallest absolute Gasteiger partial charge is 0.230 e. The molecule has 1 amide bonds. The summed E-state index contributed by atoms with van der Waals surface area (Å²) in [5.41, 5.74) is 1.02. The number of nitrogens with one attached hydrogen (secondary N) is 1.